The van der Waals surface area contributed by atoms with Crippen LogP contribution in [0.2, 0.25) is 0 Å². The number of benzene rings is 1. The summed E-state index contributed by atoms with van der Waals surface area (Å²) in [5, 5.41) is 15.1. The van der Waals surface area contributed by atoms with E-state index in [4.69, 9.17) is 5.11 Å². The van der Waals surface area contributed by atoms with Gasteiger partial charge in [-0.3, -0.25) is 9.59 Å². The number of nitrogens with one attached hydrogen (secondary N) is 1. The van der Waals surface area contributed by atoms with E-state index in [1.807, 2.05) is 0 Å². The molecule has 0 aliphatic rings. The number of carboxylic acids is 1. The molecule has 2 rings (SSSR count). The fourth-order valence-corrected chi connectivity index (χ4v) is 1.65. The van der Waals surface area contributed by atoms with Gasteiger partial charge in [-0.2, -0.15) is 0 Å². The van der Waals surface area contributed by atoms with Crippen LogP contribution in [0.4, 0.5) is 0 Å². The second kappa shape index (κ2) is 5.81. The smallest absolute Gasteiger partial charge is 0.307 e. The number of rotatable bonds is 5. The standard InChI is InChI=1S/C13H12N2O4/c16-12(17)7-9-3-1-2-4-11(9)13(18)14-8-10-5-6-19-15-10/h1-6H,7-8H2,(H,14,18)(H,16,17). The largest absolute Gasteiger partial charge is 0.481 e. The molecule has 1 amide bonds. The van der Waals surface area contributed by atoms with Crippen LogP contribution in [0, 0.1) is 0 Å². The minimum atomic E-state index is -0.975. The summed E-state index contributed by atoms with van der Waals surface area (Å²) >= 11 is 0. The van der Waals surface area contributed by atoms with Gasteiger partial charge in [-0.25, -0.2) is 0 Å². The van der Waals surface area contributed by atoms with E-state index < -0.39 is 5.97 Å². The molecule has 0 spiro atoms. The van der Waals surface area contributed by atoms with Crippen LogP contribution in [0.5, 0.6) is 0 Å². The van der Waals surface area contributed by atoms with Gasteiger partial charge in [-0.15, -0.1) is 0 Å². The van der Waals surface area contributed by atoms with Crippen molar-refractivity contribution in [2.45, 2.75) is 13.0 Å². The van der Waals surface area contributed by atoms with Crippen LogP contribution in [0.1, 0.15) is 21.6 Å². The van der Waals surface area contributed by atoms with Crippen molar-refractivity contribution >= 4 is 11.9 Å². The summed E-state index contributed by atoms with van der Waals surface area (Å²) < 4.78 is 4.65. The van der Waals surface area contributed by atoms with Crippen molar-refractivity contribution < 1.29 is 19.2 Å². The highest BCUT2D eigenvalue weighted by molar-refractivity contribution is 5.96. The molecule has 0 radical (unpaired) electrons. The first-order chi connectivity index (χ1) is 9.16. The Balaban J connectivity index is 2.08. The molecule has 6 nitrogen and oxygen atoms in total. The molecule has 0 aliphatic carbocycles. The van der Waals surface area contributed by atoms with Crippen LogP contribution in [0.3, 0.4) is 0 Å². The maximum absolute atomic E-state index is 12.0. The summed E-state index contributed by atoms with van der Waals surface area (Å²) in [5.41, 5.74) is 1.44. The molecule has 2 N–H and O–H groups in total. The number of carbonyl (C=O) groups excluding carboxylic acids is 1. The lowest BCUT2D eigenvalue weighted by Gasteiger charge is -2.07. The molecule has 0 atom stereocenters. The Morgan fingerprint density at radius 3 is 2.74 bits per heavy atom. The molecule has 2 aromatic rings. The first-order valence-corrected chi connectivity index (χ1v) is 5.64. The lowest BCUT2D eigenvalue weighted by atomic mass is 10.0. The lowest BCUT2D eigenvalue weighted by molar-refractivity contribution is -0.136. The number of amides is 1. The van der Waals surface area contributed by atoms with Gasteiger partial charge >= 0.3 is 5.97 Å². The Labute approximate surface area is 109 Å². The van der Waals surface area contributed by atoms with Gasteiger partial charge in [0.15, 0.2) is 0 Å². The first-order valence-electron chi connectivity index (χ1n) is 5.64. The fourth-order valence-electron chi connectivity index (χ4n) is 1.65. The average Bonchev–Trinajstić information content (AvgIpc) is 2.89. The van der Waals surface area contributed by atoms with Gasteiger partial charge < -0.3 is 14.9 Å². The summed E-state index contributed by atoms with van der Waals surface area (Å²) in [6.07, 6.45) is 1.23. The second-order valence-electron chi connectivity index (χ2n) is 3.90. The van der Waals surface area contributed by atoms with E-state index in [9.17, 15) is 9.59 Å². The predicted molar refractivity (Wildman–Crippen MR) is 65.5 cm³/mol. The minimum absolute atomic E-state index is 0.187. The highest BCUT2D eigenvalue weighted by atomic mass is 16.5. The number of hydrogen-bond acceptors (Lipinski definition) is 4. The molecule has 1 heterocycles. The summed E-state index contributed by atoms with van der Waals surface area (Å²) in [6, 6.07) is 8.25. The van der Waals surface area contributed by atoms with Crippen LogP contribution >= 0.6 is 0 Å². The van der Waals surface area contributed by atoms with E-state index in [1.165, 1.54) is 6.26 Å². The molecule has 0 unspecified atom stereocenters. The van der Waals surface area contributed by atoms with Crippen molar-refractivity contribution in [3.63, 3.8) is 0 Å². The summed E-state index contributed by atoms with van der Waals surface area (Å²) in [4.78, 5) is 22.7. The highest BCUT2D eigenvalue weighted by Gasteiger charge is 2.13. The van der Waals surface area contributed by atoms with Crippen LogP contribution in [0.25, 0.3) is 0 Å². The van der Waals surface area contributed by atoms with Crippen LogP contribution in [-0.4, -0.2) is 22.1 Å². The van der Waals surface area contributed by atoms with Gasteiger partial charge in [-0.05, 0) is 11.6 Å². The Hall–Kier alpha value is -2.63. The van der Waals surface area contributed by atoms with Gasteiger partial charge in [0.05, 0.1) is 13.0 Å². The van der Waals surface area contributed by atoms with Crippen molar-refractivity contribution in [2.75, 3.05) is 0 Å². The van der Waals surface area contributed by atoms with Crippen molar-refractivity contribution in [1.82, 2.24) is 10.5 Å². The maximum Gasteiger partial charge on any atom is 0.307 e. The molecular weight excluding hydrogens is 248 g/mol. The third-order valence-corrected chi connectivity index (χ3v) is 2.52. The summed E-state index contributed by atoms with van der Waals surface area (Å²) in [5.74, 6) is -1.31. The highest BCUT2D eigenvalue weighted by Crippen LogP contribution is 2.10. The quantitative estimate of drug-likeness (QED) is 0.843. The van der Waals surface area contributed by atoms with E-state index in [2.05, 4.69) is 15.0 Å². The van der Waals surface area contributed by atoms with E-state index in [-0.39, 0.29) is 18.9 Å². The summed E-state index contributed by atoms with van der Waals surface area (Å²) in [6.45, 7) is 0.233. The van der Waals surface area contributed by atoms with E-state index in [0.29, 0.717) is 16.8 Å². The second-order valence-corrected chi connectivity index (χ2v) is 3.90. The molecule has 0 aliphatic heterocycles. The van der Waals surface area contributed by atoms with Gasteiger partial charge in [0.25, 0.3) is 5.91 Å². The van der Waals surface area contributed by atoms with E-state index in [0.717, 1.165) is 0 Å². The Morgan fingerprint density at radius 2 is 2.05 bits per heavy atom. The fraction of sp³-hybridized carbons (Fsp3) is 0.154. The monoisotopic (exact) mass is 260 g/mol. The van der Waals surface area contributed by atoms with Crippen LogP contribution in [0.15, 0.2) is 41.1 Å². The number of nitrogens with zero attached hydrogens (tertiary/aromatic N) is 1. The maximum atomic E-state index is 12.0. The zero-order valence-electron chi connectivity index (χ0n) is 10.00. The zero-order chi connectivity index (χ0) is 13.7. The van der Waals surface area contributed by atoms with Gasteiger partial charge in [0, 0.05) is 11.6 Å². The molecule has 6 heteroatoms. The van der Waals surface area contributed by atoms with Crippen LogP contribution in [-0.2, 0) is 17.8 Å². The van der Waals surface area contributed by atoms with Gasteiger partial charge in [-0.1, -0.05) is 23.4 Å². The zero-order valence-corrected chi connectivity index (χ0v) is 10.00. The SMILES string of the molecule is O=C(O)Cc1ccccc1C(=O)NCc1ccon1. The number of carboxylic acid groups (broad SMARTS) is 1. The molecule has 1 aromatic heterocycles. The number of aliphatic carboxylic acids is 1. The summed E-state index contributed by atoms with van der Waals surface area (Å²) in [7, 11) is 0. The molecule has 98 valence electrons. The van der Waals surface area contributed by atoms with E-state index >= 15 is 0 Å². The first kappa shape index (κ1) is 12.8. The van der Waals surface area contributed by atoms with Gasteiger partial charge in [0.1, 0.15) is 12.0 Å². The minimum Gasteiger partial charge on any atom is -0.481 e. The van der Waals surface area contributed by atoms with Crippen LogP contribution < -0.4 is 5.32 Å². The Bertz CT molecular complexity index is 578. The molecular formula is C13H12N2O4. The van der Waals surface area contributed by atoms with Crippen molar-refractivity contribution in [2.24, 2.45) is 0 Å². The molecule has 0 bridgehead atoms. The number of hydrogen-bond donors (Lipinski definition) is 2. The van der Waals surface area contributed by atoms with Crippen molar-refractivity contribution in [1.29, 1.82) is 0 Å². The molecule has 0 saturated heterocycles. The third-order valence-electron chi connectivity index (χ3n) is 2.52. The number of aromatic nitrogens is 1. The lowest BCUT2D eigenvalue weighted by Crippen LogP contribution is -2.24. The molecule has 1 aromatic carbocycles. The van der Waals surface area contributed by atoms with E-state index in [1.54, 1.807) is 30.3 Å². The Kier molecular flexibility index (Phi) is 3.92. The molecule has 0 saturated carbocycles. The average molecular weight is 260 g/mol. The topological polar surface area (TPSA) is 92.4 Å². The Morgan fingerprint density at radius 1 is 1.26 bits per heavy atom. The molecule has 0 fully saturated rings. The molecule has 19 heavy (non-hydrogen) atoms. The number of carbonyl (C=O) groups is 2. The van der Waals surface area contributed by atoms with Gasteiger partial charge in [0.2, 0.25) is 0 Å². The normalized spacial score (nSPS) is 10.1. The third kappa shape index (κ3) is 3.41. The van der Waals surface area contributed by atoms with Crippen molar-refractivity contribution in [3.8, 4) is 0 Å². The van der Waals surface area contributed by atoms with Crippen molar-refractivity contribution in [3.05, 3.63) is 53.4 Å². The predicted octanol–water partition coefficient (Wildman–Crippen LogP) is 1.23.